The van der Waals surface area contributed by atoms with Crippen LogP contribution in [-0.2, 0) is 6.54 Å². The molecule has 0 aliphatic rings. The van der Waals surface area contributed by atoms with Crippen LogP contribution >= 0.6 is 23.1 Å². The van der Waals surface area contributed by atoms with Gasteiger partial charge in [-0.2, -0.15) is 0 Å². The van der Waals surface area contributed by atoms with Crippen molar-refractivity contribution in [3.05, 3.63) is 68.6 Å². The van der Waals surface area contributed by atoms with Gasteiger partial charge < -0.3 is 0 Å². The van der Waals surface area contributed by atoms with Crippen LogP contribution in [0.2, 0.25) is 0 Å². The van der Waals surface area contributed by atoms with Crippen LogP contribution in [0.4, 0.5) is 10.1 Å². The summed E-state index contributed by atoms with van der Waals surface area (Å²) < 4.78 is 14.7. The maximum Gasteiger partial charge on any atom is 0.286 e. The van der Waals surface area contributed by atoms with Crippen molar-refractivity contribution in [3.8, 4) is 0 Å². The number of allylic oxidation sites excluding steroid dienone is 1. The van der Waals surface area contributed by atoms with Crippen LogP contribution < -0.4 is 5.56 Å². The van der Waals surface area contributed by atoms with Crippen molar-refractivity contribution < 1.29 is 9.31 Å². The Kier molecular flexibility index (Phi) is 4.45. The van der Waals surface area contributed by atoms with Crippen molar-refractivity contribution in [2.45, 2.75) is 16.6 Å². The first kappa shape index (κ1) is 16.3. The monoisotopic (exact) mass is 363 g/mol. The Morgan fingerprint density at radius 1 is 1.46 bits per heavy atom. The molecule has 122 valence electrons. The second kappa shape index (κ2) is 6.54. The predicted molar refractivity (Wildman–Crippen MR) is 91.3 cm³/mol. The number of fused-ring (bicyclic) bond motifs is 1. The van der Waals surface area contributed by atoms with Gasteiger partial charge in [-0.15, -0.1) is 17.9 Å². The van der Waals surface area contributed by atoms with E-state index in [4.69, 9.17) is 0 Å². The quantitative estimate of drug-likeness (QED) is 0.298. The van der Waals surface area contributed by atoms with E-state index >= 15 is 0 Å². The van der Waals surface area contributed by atoms with E-state index in [0.717, 1.165) is 23.9 Å². The molecular weight excluding hydrogens is 353 g/mol. The maximum absolute atomic E-state index is 13.3. The molecule has 2 aromatic heterocycles. The first-order chi connectivity index (χ1) is 11.5. The van der Waals surface area contributed by atoms with E-state index in [9.17, 15) is 19.3 Å². The Bertz CT molecular complexity index is 1010. The van der Waals surface area contributed by atoms with Crippen LogP contribution in [0.5, 0.6) is 0 Å². The second-order valence-electron chi connectivity index (χ2n) is 4.71. The highest BCUT2D eigenvalue weighted by molar-refractivity contribution is 7.99. The molecule has 0 radical (unpaired) electrons. The first-order valence-corrected chi connectivity index (χ1v) is 8.41. The van der Waals surface area contributed by atoms with Crippen LogP contribution in [-0.4, -0.2) is 14.5 Å². The third kappa shape index (κ3) is 2.95. The lowest BCUT2D eigenvalue weighted by atomic mass is 10.3. The standard InChI is InChI=1S/C15H10FN3O3S2/c1-2-6-18-14(20)10-5-7-23-13(10)17-15(18)24-12-4-3-9(16)8-11(12)19(21)22/h2-5,7-8H,1,6H2. The lowest BCUT2D eigenvalue weighted by Crippen LogP contribution is -2.22. The molecule has 24 heavy (non-hydrogen) atoms. The highest BCUT2D eigenvalue weighted by Gasteiger charge is 2.19. The van der Waals surface area contributed by atoms with Gasteiger partial charge in [0, 0.05) is 6.54 Å². The van der Waals surface area contributed by atoms with Gasteiger partial charge in [0.05, 0.1) is 21.3 Å². The maximum atomic E-state index is 13.3. The van der Waals surface area contributed by atoms with Crippen LogP contribution in [0.3, 0.4) is 0 Å². The fraction of sp³-hybridized carbons (Fsp3) is 0.0667. The van der Waals surface area contributed by atoms with Crippen molar-refractivity contribution in [2.24, 2.45) is 0 Å². The summed E-state index contributed by atoms with van der Waals surface area (Å²) in [6.07, 6.45) is 1.55. The number of rotatable bonds is 5. The third-order valence-electron chi connectivity index (χ3n) is 3.18. The molecule has 9 heteroatoms. The van der Waals surface area contributed by atoms with Gasteiger partial charge in [-0.25, -0.2) is 9.37 Å². The summed E-state index contributed by atoms with van der Waals surface area (Å²) in [5, 5.41) is 13.7. The number of nitrogens with zero attached hydrogens (tertiary/aromatic N) is 3. The Morgan fingerprint density at radius 3 is 2.96 bits per heavy atom. The van der Waals surface area contributed by atoms with Crippen molar-refractivity contribution in [2.75, 3.05) is 0 Å². The number of nitro benzene ring substituents is 1. The molecule has 1 aromatic carbocycles. The second-order valence-corrected chi connectivity index (χ2v) is 6.61. The molecule has 0 aliphatic carbocycles. The zero-order chi connectivity index (χ0) is 17.3. The molecule has 0 aliphatic heterocycles. The number of benzene rings is 1. The summed E-state index contributed by atoms with van der Waals surface area (Å²) in [4.78, 5) is 28.2. The molecule has 0 atom stereocenters. The fourth-order valence-corrected chi connectivity index (χ4v) is 3.90. The molecule has 0 unspecified atom stereocenters. The largest absolute Gasteiger partial charge is 0.286 e. The van der Waals surface area contributed by atoms with Crippen molar-refractivity contribution >= 4 is 39.0 Å². The minimum atomic E-state index is -0.698. The fourth-order valence-electron chi connectivity index (χ4n) is 2.12. The molecule has 3 rings (SSSR count). The van der Waals surface area contributed by atoms with Gasteiger partial charge in [0.2, 0.25) is 0 Å². The average molecular weight is 363 g/mol. The van der Waals surface area contributed by atoms with E-state index in [-0.39, 0.29) is 22.7 Å². The molecule has 0 saturated carbocycles. The minimum absolute atomic E-state index is 0.210. The number of nitro groups is 1. The summed E-state index contributed by atoms with van der Waals surface area (Å²) in [5.74, 6) is -0.698. The van der Waals surface area contributed by atoms with Gasteiger partial charge in [-0.05, 0) is 35.3 Å². The lowest BCUT2D eigenvalue weighted by Gasteiger charge is -2.10. The van der Waals surface area contributed by atoms with Gasteiger partial charge in [-0.1, -0.05) is 6.08 Å². The van der Waals surface area contributed by atoms with Crippen LogP contribution in [0.1, 0.15) is 0 Å². The van der Waals surface area contributed by atoms with Gasteiger partial charge in [0.1, 0.15) is 10.6 Å². The number of aromatic nitrogens is 2. The van der Waals surface area contributed by atoms with Gasteiger partial charge in [0.15, 0.2) is 5.16 Å². The van der Waals surface area contributed by atoms with E-state index in [1.165, 1.54) is 22.0 Å². The Hall–Kier alpha value is -2.52. The van der Waals surface area contributed by atoms with E-state index in [2.05, 4.69) is 11.6 Å². The van der Waals surface area contributed by atoms with E-state index < -0.39 is 10.7 Å². The predicted octanol–water partition coefficient (Wildman–Crippen LogP) is 3.84. The highest BCUT2D eigenvalue weighted by atomic mass is 32.2. The number of hydrogen-bond acceptors (Lipinski definition) is 6. The zero-order valence-corrected chi connectivity index (χ0v) is 13.8. The summed E-state index contributed by atoms with van der Waals surface area (Å²) in [5.41, 5.74) is -0.612. The SMILES string of the molecule is C=CCn1c(Sc2ccc(F)cc2[N+](=O)[O-])nc2sccc2c1=O. The Morgan fingerprint density at radius 2 is 2.25 bits per heavy atom. The third-order valence-corrected chi connectivity index (χ3v) is 5.05. The van der Waals surface area contributed by atoms with Crippen molar-refractivity contribution in [3.63, 3.8) is 0 Å². The Labute approximate surface area is 143 Å². The van der Waals surface area contributed by atoms with E-state index in [1.54, 1.807) is 17.5 Å². The summed E-state index contributed by atoms with van der Waals surface area (Å²) in [6.45, 7) is 3.84. The van der Waals surface area contributed by atoms with Crippen molar-refractivity contribution in [1.29, 1.82) is 0 Å². The topological polar surface area (TPSA) is 78.0 Å². The molecule has 0 fully saturated rings. The summed E-state index contributed by atoms with van der Waals surface area (Å²) >= 11 is 2.26. The molecule has 6 nitrogen and oxygen atoms in total. The van der Waals surface area contributed by atoms with Crippen LogP contribution in [0.15, 0.2) is 57.1 Å². The lowest BCUT2D eigenvalue weighted by molar-refractivity contribution is -0.387. The summed E-state index contributed by atoms with van der Waals surface area (Å²) in [7, 11) is 0. The summed E-state index contributed by atoms with van der Waals surface area (Å²) in [6, 6.07) is 4.97. The molecule has 0 spiro atoms. The van der Waals surface area contributed by atoms with Crippen molar-refractivity contribution in [1.82, 2.24) is 9.55 Å². The van der Waals surface area contributed by atoms with Crippen LogP contribution in [0, 0.1) is 15.9 Å². The average Bonchev–Trinajstić information content (AvgIpc) is 3.01. The molecule has 0 amide bonds. The first-order valence-electron chi connectivity index (χ1n) is 6.72. The van der Waals surface area contributed by atoms with E-state index in [0.29, 0.717) is 15.4 Å². The highest BCUT2D eigenvalue weighted by Crippen LogP contribution is 2.34. The smallest absolute Gasteiger partial charge is 0.283 e. The van der Waals surface area contributed by atoms with E-state index in [1.807, 2.05) is 0 Å². The van der Waals surface area contributed by atoms with Gasteiger partial charge in [0.25, 0.3) is 11.2 Å². The van der Waals surface area contributed by atoms with Crippen LogP contribution in [0.25, 0.3) is 10.2 Å². The normalized spacial score (nSPS) is 10.9. The molecular formula is C15H10FN3O3S2. The Balaban J connectivity index is 2.16. The molecule has 3 aromatic rings. The molecule has 0 saturated heterocycles. The molecule has 2 heterocycles. The minimum Gasteiger partial charge on any atom is -0.283 e. The number of thiophene rings is 1. The molecule has 0 N–H and O–H groups in total. The van der Waals surface area contributed by atoms with Gasteiger partial charge in [-0.3, -0.25) is 19.5 Å². The zero-order valence-electron chi connectivity index (χ0n) is 12.1. The number of halogens is 1. The van der Waals surface area contributed by atoms with Gasteiger partial charge >= 0.3 is 0 Å². The molecule has 0 bridgehead atoms. The number of hydrogen-bond donors (Lipinski definition) is 0.